The predicted octanol–water partition coefficient (Wildman–Crippen LogP) is 2.90. The molecule has 0 bridgehead atoms. The molecule has 1 amide bonds. The van der Waals surface area contributed by atoms with E-state index in [9.17, 15) is 4.79 Å². The van der Waals surface area contributed by atoms with Crippen molar-refractivity contribution in [3.63, 3.8) is 0 Å². The average Bonchev–Trinajstić information content (AvgIpc) is 2.37. The Bertz CT molecular complexity index is 480. The first-order valence-electron chi connectivity index (χ1n) is 6.69. The highest BCUT2D eigenvalue weighted by molar-refractivity contribution is 9.10. The molecule has 110 valence electrons. The highest BCUT2D eigenvalue weighted by Gasteiger charge is 2.26. The third-order valence-corrected chi connectivity index (χ3v) is 3.46. The summed E-state index contributed by atoms with van der Waals surface area (Å²) in [7, 11) is 0. The number of halogens is 1. The fourth-order valence-corrected chi connectivity index (χ4v) is 2.33. The van der Waals surface area contributed by atoms with Crippen LogP contribution in [0.4, 0.5) is 10.6 Å². The smallest absolute Gasteiger partial charge is 0.410 e. The number of carbonyl (C=O) groups excluding carboxylic acids is 1. The van der Waals surface area contributed by atoms with E-state index in [0.717, 1.165) is 23.4 Å². The number of pyridine rings is 1. The molecule has 6 heteroatoms. The minimum absolute atomic E-state index is 0.237. The van der Waals surface area contributed by atoms with Crippen LogP contribution < -0.4 is 4.90 Å². The van der Waals surface area contributed by atoms with Gasteiger partial charge < -0.3 is 14.5 Å². The molecule has 0 N–H and O–H groups in total. The van der Waals surface area contributed by atoms with Crippen LogP contribution in [0, 0.1) is 0 Å². The summed E-state index contributed by atoms with van der Waals surface area (Å²) in [6.07, 6.45) is 1.54. The third kappa shape index (κ3) is 4.10. The summed E-state index contributed by atoms with van der Waals surface area (Å²) < 4.78 is 6.39. The standard InChI is InChI=1S/C14H20BrN3O2/c1-14(2,3)20-13(19)18-8-6-17(7-9-18)12-10-11(15)4-5-16-12/h4-5,10H,6-9H2,1-3H3. The molecule has 1 aromatic rings. The molecule has 20 heavy (non-hydrogen) atoms. The number of carbonyl (C=O) groups is 1. The molecule has 1 saturated heterocycles. The molecular formula is C14H20BrN3O2. The maximum Gasteiger partial charge on any atom is 0.410 e. The summed E-state index contributed by atoms with van der Waals surface area (Å²) in [5.74, 6) is 0.934. The highest BCUT2D eigenvalue weighted by atomic mass is 79.9. The van der Waals surface area contributed by atoms with Crippen molar-refractivity contribution in [2.45, 2.75) is 26.4 Å². The van der Waals surface area contributed by atoms with Gasteiger partial charge in [0, 0.05) is 36.8 Å². The van der Waals surface area contributed by atoms with Crippen LogP contribution in [0.1, 0.15) is 20.8 Å². The van der Waals surface area contributed by atoms with Crippen LogP contribution in [0.25, 0.3) is 0 Å². The zero-order valence-electron chi connectivity index (χ0n) is 12.1. The first kappa shape index (κ1) is 15.1. The molecule has 0 spiro atoms. The van der Waals surface area contributed by atoms with Crippen LogP contribution >= 0.6 is 15.9 Å². The SMILES string of the molecule is CC(C)(C)OC(=O)N1CCN(c2cc(Br)ccn2)CC1. The first-order chi connectivity index (χ1) is 9.35. The van der Waals surface area contributed by atoms with Gasteiger partial charge in [0.05, 0.1) is 0 Å². The van der Waals surface area contributed by atoms with Crippen molar-refractivity contribution in [1.29, 1.82) is 0 Å². The largest absolute Gasteiger partial charge is 0.444 e. The number of amides is 1. The van der Waals surface area contributed by atoms with Gasteiger partial charge in [-0.05, 0) is 32.9 Å². The Balaban J connectivity index is 1.91. The number of nitrogens with zero attached hydrogens (tertiary/aromatic N) is 3. The summed E-state index contributed by atoms with van der Waals surface area (Å²) in [5, 5.41) is 0. The topological polar surface area (TPSA) is 45.7 Å². The van der Waals surface area contributed by atoms with Gasteiger partial charge in [0.2, 0.25) is 0 Å². The highest BCUT2D eigenvalue weighted by Crippen LogP contribution is 2.19. The monoisotopic (exact) mass is 341 g/mol. The van der Waals surface area contributed by atoms with Crippen molar-refractivity contribution in [3.05, 3.63) is 22.8 Å². The Morgan fingerprint density at radius 2 is 1.95 bits per heavy atom. The van der Waals surface area contributed by atoms with E-state index in [-0.39, 0.29) is 6.09 Å². The molecule has 0 atom stereocenters. The molecule has 0 unspecified atom stereocenters. The lowest BCUT2D eigenvalue weighted by molar-refractivity contribution is 0.0240. The van der Waals surface area contributed by atoms with Gasteiger partial charge in [-0.25, -0.2) is 9.78 Å². The van der Waals surface area contributed by atoms with E-state index < -0.39 is 5.60 Å². The van der Waals surface area contributed by atoms with E-state index >= 15 is 0 Å². The molecule has 1 aromatic heterocycles. The van der Waals surface area contributed by atoms with Gasteiger partial charge in [-0.1, -0.05) is 15.9 Å². The van der Waals surface area contributed by atoms with Crippen LogP contribution in [0.5, 0.6) is 0 Å². The molecule has 1 aliphatic rings. The van der Waals surface area contributed by atoms with Gasteiger partial charge in [-0.15, -0.1) is 0 Å². The number of ether oxygens (including phenoxy) is 1. The van der Waals surface area contributed by atoms with Crippen molar-refractivity contribution in [2.75, 3.05) is 31.1 Å². The molecule has 0 radical (unpaired) electrons. The number of hydrogen-bond donors (Lipinski definition) is 0. The quantitative estimate of drug-likeness (QED) is 0.787. The summed E-state index contributed by atoms with van der Waals surface area (Å²) in [4.78, 5) is 20.2. The predicted molar refractivity (Wildman–Crippen MR) is 82.0 cm³/mol. The first-order valence-corrected chi connectivity index (χ1v) is 7.49. The zero-order chi connectivity index (χ0) is 14.8. The minimum Gasteiger partial charge on any atom is -0.444 e. The van der Waals surface area contributed by atoms with Gasteiger partial charge in [-0.3, -0.25) is 0 Å². The van der Waals surface area contributed by atoms with Gasteiger partial charge in [0.15, 0.2) is 0 Å². The lowest BCUT2D eigenvalue weighted by Gasteiger charge is -2.36. The number of anilines is 1. The van der Waals surface area contributed by atoms with Crippen molar-refractivity contribution in [1.82, 2.24) is 9.88 Å². The molecule has 1 fully saturated rings. The van der Waals surface area contributed by atoms with Crippen LogP contribution in [0.15, 0.2) is 22.8 Å². The van der Waals surface area contributed by atoms with Gasteiger partial charge >= 0.3 is 6.09 Å². The Kier molecular flexibility index (Phi) is 4.52. The number of aromatic nitrogens is 1. The Morgan fingerprint density at radius 1 is 1.30 bits per heavy atom. The van der Waals surface area contributed by atoms with E-state index in [1.807, 2.05) is 32.9 Å². The third-order valence-electron chi connectivity index (χ3n) is 2.96. The molecule has 5 nitrogen and oxygen atoms in total. The van der Waals surface area contributed by atoms with Gasteiger partial charge in [0.1, 0.15) is 11.4 Å². The Morgan fingerprint density at radius 3 is 2.50 bits per heavy atom. The Hall–Kier alpha value is -1.30. The number of hydrogen-bond acceptors (Lipinski definition) is 4. The maximum absolute atomic E-state index is 12.0. The normalized spacial score (nSPS) is 16.2. The second-order valence-electron chi connectivity index (χ2n) is 5.79. The van der Waals surface area contributed by atoms with E-state index in [4.69, 9.17) is 4.74 Å². The lowest BCUT2D eigenvalue weighted by atomic mass is 10.2. The summed E-state index contributed by atoms with van der Waals surface area (Å²) in [6.45, 7) is 8.49. The van der Waals surface area contributed by atoms with Crippen LogP contribution in [-0.4, -0.2) is 47.8 Å². The minimum atomic E-state index is -0.444. The molecule has 0 saturated carbocycles. The fourth-order valence-electron chi connectivity index (χ4n) is 2.01. The van der Waals surface area contributed by atoms with Crippen molar-refractivity contribution < 1.29 is 9.53 Å². The van der Waals surface area contributed by atoms with Crippen molar-refractivity contribution in [3.8, 4) is 0 Å². The van der Waals surface area contributed by atoms with E-state index in [0.29, 0.717) is 13.1 Å². The molecule has 1 aliphatic heterocycles. The summed E-state index contributed by atoms with van der Waals surface area (Å²) in [6, 6.07) is 3.89. The summed E-state index contributed by atoms with van der Waals surface area (Å²) >= 11 is 3.45. The molecular weight excluding hydrogens is 322 g/mol. The van der Waals surface area contributed by atoms with E-state index in [2.05, 4.69) is 25.8 Å². The second kappa shape index (κ2) is 5.99. The number of piperazine rings is 1. The second-order valence-corrected chi connectivity index (χ2v) is 6.70. The van der Waals surface area contributed by atoms with Crippen molar-refractivity contribution >= 4 is 27.8 Å². The lowest BCUT2D eigenvalue weighted by Crippen LogP contribution is -2.50. The van der Waals surface area contributed by atoms with E-state index in [1.54, 1.807) is 11.1 Å². The molecule has 2 heterocycles. The summed E-state index contributed by atoms with van der Waals surface area (Å²) in [5.41, 5.74) is -0.444. The fraction of sp³-hybridized carbons (Fsp3) is 0.571. The average molecular weight is 342 g/mol. The van der Waals surface area contributed by atoms with Crippen LogP contribution in [0.3, 0.4) is 0 Å². The van der Waals surface area contributed by atoms with Crippen LogP contribution in [-0.2, 0) is 4.74 Å². The van der Waals surface area contributed by atoms with Crippen LogP contribution in [0.2, 0.25) is 0 Å². The Labute approximate surface area is 128 Å². The zero-order valence-corrected chi connectivity index (χ0v) is 13.7. The number of rotatable bonds is 1. The van der Waals surface area contributed by atoms with Gasteiger partial charge in [-0.2, -0.15) is 0 Å². The molecule has 0 aromatic carbocycles. The molecule has 0 aliphatic carbocycles. The molecule has 2 rings (SSSR count). The van der Waals surface area contributed by atoms with Gasteiger partial charge in [0.25, 0.3) is 0 Å². The maximum atomic E-state index is 12.0. The van der Waals surface area contributed by atoms with Crippen molar-refractivity contribution in [2.24, 2.45) is 0 Å². The van der Waals surface area contributed by atoms with E-state index in [1.165, 1.54) is 0 Å².